The molecule has 2 aliphatic rings. The van der Waals surface area contributed by atoms with E-state index in [2.05, 4.69) is 4.90 Å². The first-order valence-electron chi connectivity index (χ1n) is 10.00. The molecular weight excluding hydrogens is 364 g/mol. The normalized spacial score (nSPS) is 22.5. The minimum Gasteiger partial charge on any atom is -0.466 e. The van der Waals surface area contributed by atoms with Gasteiger partial charge in [0.15, 0.2) is 0 Å². The van der Waals surface area contributed by atoms with E-state index in [1.165, 1.54) is 0 Å². The number of benzene rings is 1. The highest BCUT2D eigenvalue weighted by atomic mass is 35.5. The van der Waals surface area contributed by atoms with Crippen molar-refractivity contribution < 1.29 is 14.3 Å². The van der Waals surface area contributed by atoms with E-state index in [-0.39, 0.29) is 17.8 Å². The van der Waals surface area contributed by atoms with E-state index in [4.69, 9.17) is 16.3 Å². The summed E-state index contributed by atoms with van der Waals surface area (Å²) in [6.45, 7) is 5.46. The van der Waals surface area contributed by atoms with Crippen LogP contribution >= 0.6 is 11.6 Å². The van der Waals surface area contributed by atoms with Crippen LogP contribution in [-0.2, 0) is 20.9 Å². The summed E-state index contributed by atoms with van der Waals surface area (Å²) in [5, 5.41) is 0.715. The molecule has 1 unspecified atom stereocenters. The van der Waals surface area contributed by atoms with Gasteiger partial charge in [-0.1, -0.05) is 29.8 Å². The van der Waals surface area contributed by atoms with Gasteiger partial charge in [0.1, 0.15) is 0 Å². The average molecular weight is 393 g/mol. The van der Waals surface area contributed by atoms with E-state index in [0.717, 1.165) is 50.9 Å². The zero-order valence-corrected chi connectivity index (χ0v) is 16.8. The van der Waals surface area contributed by atoms with Gasteiger partial charge in [-0.15, -0.1) is 0 Å². The molecule has 0 radical (unpaired) electrons. The fraction of sp³-hybridized carbons (Fsp3) is 0.619. The van der Waals surface area contributed by atoms with Crippen molar-refractivity contribution in [2.24, 2.45) is 5.92 Å². The molecule has 1 atom stereocenters. The lowest BCUT2D eigenvalue weighted by Crippen LogP contribution is -2.43. The molecule has 0 aliphatic carbocycles. The van der Waals surface area contributed by atoms with Gasteiger partial charge in [-0.3, -0.25) is 9.59 Å². The third kappa shape index (κ3) is 5.23. The molecule has 1 amide bonds. The molecule has 0 N–H and O–H groups in total. The summed E-state index contributed by atoms with van der Waals surface area (Å²) in [6.07, 6.45) is 4.15. The molecule has 2 heterocycles. The lowest BCUT2D eigenvalue weighted by atomic mass is 9.94. The number of esters is 1. The van der Waals surface area contributed by atoms with Gasteiger partial charge in [0.2, 0.25) is 5.91 Å². The zero-order chi connectivity index (χ0) is 19.2. The minimum atomic E-state index is -0.0564. The van der Waals surface area contributed by atoms with Gasteiger partial charge in [0.05, 0.1) is 12.5 Å². The predicted molar refractivity (Wildman–Crippen MR) is 105 cm³/mol. The number of carbonyl (C=O) groups is 2. The van der Waals surface area contributed by atoms with Crippen LogP contribution in [0.1, 0.15) is 44.6 Å². The fourth-order valence-corrected chi connectivity index (χ4v) is 4.34. The average Bonchev–Trinajstić information content (AvgIpc) is 2.86. The highest BCUT2D eigenvalue weighted by Crippen LogP contribution is 2.26. The monoisotopic (exact) mass is 392 g/mol. The van der Waals surface area contributed by atoms with E-state index in [0.29, 0.717) is 30.6 Å². The molecule has 1 aromatic carbocycles. The number of likely N-dealkylation sites (tertiary alicyclic amines) is 2. The van der Waals surface area contributed by atoms with Gasteiger partial charge in [0, 0.05) is 30.6 Å². The van der Waals surface area contributed by atoms with Crippen molar-refractivity contribution in [3.05, 3.63) is 34.9 Å². The number of halogens is 1. The molecule has 0 aromatic heterocycles. The van der Waals surface area contributed by atoms with Crippen molar-refractivity contribution in [3.63, 3.8) is 0 Å². The van der Waals surface area contributed by atoms with E-state index in [1.54, 1.807) is 0 Å². The Balaban J connectivity index is 1.53. The SMILES string of the molecule is CCOC(=O)C1CCN(C2CCC(=O)N(Cc3ccccc3Cl)CC2)CC1. The van der Waals surface area contributed by atoms with Gasteiger partial charge in [-0.05, 0) is 57.3 Å². The second kappa shape index (κ2) is 9.56. The molecule has 148 valence electrons. The lowest BCUT2D eigenvalue weighted by Gasteiger charge is -2.36. The number of ether oxygens (including phenoxy) is 1. The Morgan fingerprint density at radius 1 is 1.15 bits per heavy atom. The molecule has 0 saturated carbocycles. The molecule has 2 aliphatic heterocycles. The van der Waals surface area contributed by atoms with Gasteiger partial charge < -0.3 is 14.5 Å². The van der Waals surface area contributed by atoms with Crippen molar-refractivity contribution in [2.45, 2.75) is 51.6 Å². The minimum absolute atomic E-state index is 0.0327. The van der Waals surface area contributed by atoms with Crippen molar-refractivity contribution in [2.75, 3.05) is 26.2 Å². The predicted octanol–water partition coefficient (Wildman–Crippen LogP) is 3.50. The Bertz CT molecular complexity index is 659. The quantitative estimate of drug-likeness (QED) is 0.719. The van der Waals surface area contributed by atoms with Crippen LogP contribution in [0.3, 0.4) is 0 Å². The number of hydrogen-bond donors (Lipinski definition) is 0. The first kappa shape index (κ1) is 20.2. The second-order valence-electron chi connectivity index (χ2n) is 7.45. The highest BCUT2D eigenvalue weighted by molar-refractivity contribution is 6.31. The van der Waals surface area contributed by atoms with Gasteiger partial charge >= 0.3 is 5.97 Å². The van der Waals surface area contributed by atoms with Crippen LogP contribution in [0.5, 0.6) is 0 Å². The zero-order valence-electron chi connectivity index (χ0n) is 16.0. The maximum atomic E-state index is 12.6. The number of nitrogens with zero attached hydrogens (tertiary/aromatic N) is 2. The smallest absolute Gasteiger partial charge is 0.309 e. The molecule has 27 heavy (non-hydrogen) atoms. The number of hydrogen-bond acceptors (Lipinski definition) is 4. The van der Waals surface area contributed by atoms with Crippen molar-refractivity contribution in [3.8, 4) is 0 Å². The summed E-state index contributed by atoms with van der Waals surface area (Å²) in [5.74, 6) is 0.184. The van der Waals surface area contributed by atoms with Crippen LogP contribution in [0.15, 0.2) is 24.3 Å². The maximum Gasteiger partial charge on any atom is 0.309 e. The fourth-order valence-electron chi connectivity index (χ4n) is 4.15. The first-order valence-corrected chi connectivity index (χ1v) is 10.4. The summed E-state index contributed by atoms with van der Waals surface area (Å²) in [4.78, 5) is 28.9. The van der Waals surface area contributed by atoms with Crippen molar-refractivity contribution in [1.29, 1.82) is 0 Å². The molecule has 2 fully saturated rings. The largest absolute Gasteiger partial charge is 0.466 e. The van der Waals surface area contributed by atoms with Crippen LogP contribution in [0.25, 0.3) is 0 Å². The van der Waals surface area contributed by atoms with Crippen molar-refractivity contribution >= 4 is 23.5 Å². The standard InChI is InChI=1S/C21H29ClN2O3/c1-2-27-21(26)16-9-12-23(13-10-16)18-7-8-20(25)24(14-11-18)15-17-5-3-4-6-19(17)22/h3-6,16,18H,2,7-15H2,1H3. The molecule has 1 aromatic rings. The summed E-state index contributed by atoms with van der Waals surface area (Å²) >= 11 is 6.26. The molecule has 3 rings (SSSR count). The van der Waals surface area contributed by atoms with Gasteiger partial charge in [-0.2, -0.15) is 0 Å². The Labute approximate surface area is 166 Å². The van der Waals surface area contributed by atoms with Crippen LogP contribution in [0.2, 0.25) is 5.02 Å². The van der Waals surface area contributed by atoms with Crippen LogP contribution in [0.4, 0.5) is 0 Å². The molecular formula is C21H29ClN2O3. The summed E-state index contributed by atoms with van der Waals surface area (Å²) in [7, 11) is 0. The highest BCUT2D eigenvalue weighted by Gasteiger charge is 2.31. The van der Waals surface area contributed by atoms with Crippen molar-refractivity contribution in [1.82, 2.24) is 9.80 Å². The van der Waals surface area contributed by atoms with Crippen LogP contribution < -0.4 is 0 Å². The molecule has 2 saturated heterocycles. The lowest BCUT2D eigenvalue weighted by molar-refractivity contribution is -0.149. The Hall–Kier alpha value is -1.59. The van der Waals surface area contributed by atoms with E-state index in [9.17, 15) is 9.59 Å². The number of rotatable bonds is 5. The molecule has 5 nitrogen and oxygen atoms in total. The van der Waals surface area contributed by atoms with E-state index in [1.807, 2.05) is 36.1 Å². The third-order valence-electron chi connectivity index (χ3n) is 5.76. The number of amides is 1. The number of carbonyl (C=O) groups excluding carboxylic acids is 2. The summed E-state index contributed by atoms with van der Waals surface area (Å²) in [5.41, 5.74) is 1.00. The van der Waals surface area contributed by atoms with Crippen LogP contribution in [-0.4, -0.2) is 54.0 Å². The summed E-state index contributed by atoms with van der Waals surface area (Å²) < 4.78 is 5.16. The Kier molecular flexibility index (Phi) is 7.13. The van der Waals surface area contributed by atoms with E-state index >= 15 is 0 Å². The van der Waals surface area contributed by atoms with Gasteiger partial charge in [-0.25, -0.2) is 0 Å². The maximum absolute atomic E-state index is 12.6. The molecule has 0 spiro atoms. The Morgan fingerprint density at radius 2 is 1.89 bits per heavy atom. The molecule has 0 bridgehead atoms. The second-order valence-corrected chi connectivity index (χ2v) is 7.86. The Morgan fingerprint density at radius 3 is 2.59 bits per heavy atom. The third-order valence-corrected chi connectivity index (χ3v) is 6.13. The summed E-state index contributed by atoms with van der Waals surface area (Å²) in [6, 6.07) is 8.13. The topological polar surface area (TPSA) is 49.9 Å². The molecule has 6 heteroatoms. The van der Waals surface area contributed by atoms with E-state index < -0.39 is 0 Å². The first-order chi connectivity index (χ1) is 13.1. The number of piperidine rings is 1. The van der Waals surface area contributed by atoms with Gasteiger partial charge in [0.25, 0.3) is 0 Å². The van der Waals surface area contributed by atoms with Crippen LogP contribution in [0, 0.1) is 5.92 Å².